The molecule has 4 heterocycles. The van der Waals surface area contributed by atoms with E-state index in [1.165, 1.54) is 15.8 Å². The van der Waals surface area contributed by atoms with Crippen molar-refractivity contribution in [1.82, 2.24) is 40.7 Å². The van der Waals surface area contributed by atoms with Gasteiger partial charge in [0.2, 0.25) is 17.6 Å². The first kappa shape index (κ1) is 37.1. The summed E-state index contributed by atoms with van der Waals surface area (Å²) in [4.78, 5) is 69.7. The van der Waals surface area contributed by atoms with Crippen LogP contribution >= 0.6 is 0 Å². The third-order valence-corrected chi connectivity index (χ3v) is 12.4. The van der Waals surface area contributed by atoms with Crippen LogP contribution in [0, 0.1) is 5.92 Å². The summed E-state index contributed by atoms with van der Waals surface area (Å²) in [5.74, 6) is -5.05. The molecule has 4 amide bonds. The predicted octanol–water partition coefficient (Wildman–Crippen LogP) is 0.411. The second kappa shape index (κ2) is 14.4. The van der Waals surface area contributed by atoms with Crippen molar-refractivity contribution in [2.24, 2.45) is 11.7 Å². The summed E-state index contributed by atoms with van der Waals surface area (Å²) in [5.41, 5.74) is 3.25. The molecule has 18 heteroatoms. The highest BCUT2D eigenvalue weighted by Crippen LogP contribution is 2.35. The van der Waals surface area contributed by atoms with Crippen LogP contribution in [0.5, 0.6) is 0 Å². The Balaban J connectivity index is 1.35. The molecule has 6 rings (SSSR count). The van der Waals surface area contributed by atoms with Crippen molar-refractivity contribution in [2.45, 2.75) is 101 Å². The van der Waals surface area contributed by atoms with Crippen molar-refractivity contribution in [2.75, 3.05) is 18.1 Å². The fourth-order valence-electron chi connectivity index (χ4n) is 7.86. The van der Waals surface area contributed by atoms with E-state index in [1.807, 2.05) is 0 Å². The molecule has 0 radical (unpaired) electrons. The normalized spacial score (nSPS) is 22.5. The molecule has 0 spiro atoms. The van der Waals surface area contributed by atoms with Gasteiger partial charge in [-0.15, -0.1) is 5.10 Å². The molecule has 1 saturated carbocycles. The monoisotopic (exact) mass is 739 g/mol. The fourth-order valence-corrected chi connectivity index (χ4v) is 9.38. The number of amides is 4. The van der Waals surface area contributed by atoms with Crippen molar-refractivity contribution in [3.8, 4) is 0 Å². The van der Waals surface area contributed by atoms with Gasteiger partial charge in [0.1, 0.15) is 23.2 Å². The second-order valence-corrected chi connectivity index (χ2v) is 17.1. The summed E-state index contributed by atoms with van der Waals surface area (Å²) in [6.07, 6.45) is 7.35. The SMILES string of the molecule is CC(C)(O)c1cnnn1[C@H]1C[C@@H](C(=O)NC2(C(=O)C(N)=O)CCS(=O)(=O)CC2)N(C(=O)[C@@H](CC2CCCCC2)NC(=O)c2cccc3cn[nH]c23)C1. The zero-order valence-electron chi connectivity index (χ0n) is 29.2. The third-order valence-electron chi connectivity index (χ3n) is 10.7. The van der Waals surface area contributed by atoms with E-state index in [4.69, 9.17) is 5.73 Å². The lowest BCUT2D eigenvalue weighted by Crippen LogP contribution is -2.64. The van der Waals surface area contributed by atoms with E-state index in [9.17, 15) is 37.5 Å². The number of benzene rings is 1. The van der Waals surface area contributed by atoms with Crippen molar-refractivity contribution in [1.29, 1.82) is 0 Å². The number of para-hydroxylation sites is 1. The Morgan fingerprint density at radius 2 is 1.81 bits per heavy atom. The first-order valence-electron chi connectivity index (χ1n) is 17.6. The van der Waals surface area contributed by atoms with Crippen LogP contribution in [-0.4, -0.2) is 109 Å². The number of nitrogens with zero attached hydrogens (tertiary/aromatic N) is 5. The second-order valence-electron chi connectivity index (χ2n) is 14.8. The van der Waals surface area contributed by atoms with Gasteiger partial charge in [-0.3, -0.25) is 29.1 Å². The molecule has 1 aromatic carbocycles. The van der Waals surface area contributed by atoms with Crippen molar-refractivity contribution in [3.05, 3.63) is 41.9 Å². The van der Waals surface area contributed by atoms with Gasteiger partial charge in [-0.1, -0.05) is 49.5 Å². The van der Waals surface area contributed by atoms with Crippen LogP contribution in [0.4, 0.5) is 0 Å². The van der Waals surface area contributed by atoms with E-state index in [2.05, 4.69) is 31.1 Å². The number of hydrogen-bond donors (Lipinski definition) is 5. The number of carbonyl (C=O) groups is 5. The van der Waals surface area contributed by atoms with Crippen LogP contribution in [0.15, 0.2) is 30.6 Å². The molecular formula is C34H45N9O8S. The minimum atomic E-state index is -3.53. The first-order valence-corrected chi connectivity index (χ1v) is 19.4. The summed E-state index contributed by atoms with van der Waals surface area (Å²) in [6.45, 7) is 3.04. The van der Waals surface area contributed by atoms with Crippen LogP contribution in [0.25, 0.3) is 10.9 Å². The fraction of sp³-hybridized carbons (Fsp3) is 0.588. The van der Waals surface area contributed by atoms with Crippen molar-refractivity contribution >= 4 is 50.2 Å². The number of aromatic nitrogens is 5. The van der Waals surface area contributed by atoms with E-state index < -0.39 is 80.0 Å². The van der Waals surface area contributed by atoms with Crippen molar-refractivity contribution in [3.63, 3.8) is 0 Å². The Kier molecular flexibility index (Phi) is 10.2. The minimum Gasteiger partial charge on any atom is -0.384 e. The maximum absolute atomic E-state index is 14.8. The molecule has 2 aromatic heterocycles. The maximum atomic E-state index is 14.8. The lowest BCUT2D eigenvalue weighted by atomic mass is 9.84. The molecule has 3 aromatic rings. The standard InChI is InChI=1S/C34H45N9O8S/c1-33(2,49)26-18-37-41-43(26)22-16-25(31(47)39-34(28(44)29(35)45)11-13-52(50,51)14-12-34)42(19-22)32(48)24(15-20-7-4-3-5-8-20)38-30(46)23-10-6-9-21-17-36-40-27(21)23/h6,9-10,17-18,20,22,24-25,49H,3-5,7-8,11-16,19H2,1-2H3,(H2,35,45)(H,36,40)(H,38,46)(H,39,47)/t22-,24+,25-/m0/s1. The number of likely N-dealkylation sites (tertiary alicyclic amines) is 1. The number of hydrogen-bond acceptors (Lipinski definition) is 11. The van der Waals surface area contributed by atoms with Crippen LogP contribution in [0.3, 0.4) is 0 Å². The minimum absolute atomic E-state index is 0.0271. The largest absolute Gasteiger partial charge is 0.384 e. The molecule has 2 aliphatic heterocycles. The summed E-state index contributed by atoms with van der Waals surface area (Å²) >= 11 is 0. The molecule has 3 atom stereocenters. The number of ketones is 1. The number of Topliss-reactive ketones (excluding diaryl/α,β-unsaturated/α-hetero) is 1. The number of nitrogens with two attached hydrogens (primary N) is 1. The van der Waals surface area contributed by atoms with Gasteiger partial charge in [-0.05, 0) is 45.1 Å². The van der Waals surface area contributed by atoms with Crippen LogP contribution < -0.4 is 16.4 Å². The summed E-state index contributed by atoms with van der Waals surface area (Å²) in [6, 6.07) is 2.19. The Bertz CT molecular complexity index is 1960. The topological polar surface area (TPSA) is 252 Å². The zero-order valence-corrected chi connectivity index (χ0v) is 30.0. The molecule has 52 heavy (non-hydrogen) atoms. The van der Waals surface area contributed by atoms with Crippen LogP contribution in [-0.2, 0) is 34.6 Å². The Morgan fingerprint density at radius 3 is 2.48 bits per heavy atom. The number of fused-ring (bicyclic) bond motifs is 1. The van der Waals surface area contributed by atoms with Gasteiger partial charge >= 0.3 is 0 Å². The number of sulfone groups is 1. The molecule has 2 saturated heterocycles. The third kappa shape index (κ3) is 7.58. The Morgan fingerprint density at radius 1 is 1.10 bits per heavy atom. The highest BCUT2D eigenvalue weighted by atomic mass is 32.2. The molecule has 3 fully saturated rings. The molecule has 280 valence electrons. The van der Waals surface area contributed by atoms with Gasteiger partial charge in [0.15, 0.2) is 9.84 Å². The molecule has 6 N–H and O–H groups in total. The molecule has 3 aliphatic rings. The highest BCUT2D eigenvalue weighted by Gasteiger charge is 2.50. The molecule has 17 nitrogen and oxygen atoms in total. The number of aromatic amines is 1. The van der Waals surface area contributed by atoms with Gasteiger partial charge < -0.3 is 26.4 Å². The quantitative estimate of drug-likeness (QED) is 0.168. The molecule has 0 unspecified atom stereocenters. The smallest absolute Gasteiger partial charge is 0.287 e. The van der Waals surface area contributed by atoms with Crippen molar-refractivity contribution < 1.29 is 37.5 Å². The van der Waals surface area contributed by atoms with Gasteiger partial charge in [0, 0.05) is 18.4 Å². The van der Waals surface area contributed by atoms with E-state index in [-0.39, 0.29) is 31.7 Å². The van der Waals surface area contributed by atoms with Crippen LogP contribution in [0.2, 0.25) is 0 Å². The molecule has 0 bridgehead atoms. The van der Waals surface area contributed by atoms with Gasteiger partial charge in [-0.2, -0.15) is 5.10 Å². The maximum Gasteiger partial charge on any atom is 0.287 e. The lowest BCUT2D eigenvalue weighted by molar-refractivity contribution is -0.145. The lowest BCUT2D eigenvalue weighted by Gasteiger charge is -2.37. The Labute approximate surface area is 300 Å². The van der Waals surface area contributed by atoms with E-state index >= 15 is 0 Å². The van der Waals surface area contributed by atoms with E-state index in [0.29, 0.717) is 28.6 Å². The number of carbonyl (C=O) groups excluding carboxylic acids is 5. The molecular weight excluding hydrogens is 694 g/mol. The van der Waals surface area contributed by atoms with Gasteiger partial charge in [0.05, 0.1) is 46.7 Å². The van der Waals surface area contributed by atoms with Crippen LogP contribution in [0.1, 0.15) is 93.7 Å². The zero-order chi connectivity index (χ0) is 37.4. The number of rotatable bonds is 11. The number of primary amides is 1. The number of H-pyrrole nitrogens is 1. The summed E-state index contributed by atoms with van der Waals surface area (Å²) in [5, 5.41) is 32.2. The summed E-state index contributed by atoms with van der Waals surface area (Å²) < 4.78 is 26.1. The van der Waals surface area contributed by atoms with Gasteiger partial charge in [0.25, 0.3) is 11.8 Å². The first-order chi connectivity index (χ1) is 24.6. The molecule has 1 aliphatic carbocycles. The predicted molar refractivity (Wildman–Crippen MR) is 186 cm³/mol. The van der Waals surface area contributed by atoms with Gasteiger partial charge in [-0.25, -0.2) is 13.1 Å². The average Bonchev–Trinajstić information content (AvgIpc) is 3.88. The average molecular weight is 740 g/mol. The highest BCUT2D eigenvalue weighted by molar-refractivity contribution is 7.91. The van der Waals surface area contributed by atoms with E-state index in [0.717, 1.165) is 32.1 Å². The van der Waals surface area contributed by atoms with E-state index in [1.54, 1.807) is 38.2 Å². The Hall–Kier alpha value is -4.71. The summed E-state index contributed by atoms with van der Waals surface area (Å²) in [7, 11) is -3.53. The number of nitrogens with one attached hydrogen (secondary N) is 3. The number of aliphatic hydroxyl groups is 1.